The molecule has 1 saturated heterocycles. The van der Waals surface area contributed by atoms with Gasteiger partial charge in [-0.25, -0.2) is 17.2 Å². The van der Waals surface area contributed by atoms with Gasteiger partial charge in [0.15, 0.2) is 0 Å². The Hall–Kier alpha value is -1.58. The van der Waals surface area contributed by atoms with E-state index in [1.54, 1.807) is 0 Å². The van der Waals surface area contributed by atoms with Gasteiger partial charge in [-0.05, 0) is 81.4 Å². The molecule has 0 spiro atoms. The van der Waals surface area contributed by atoms with Crippen molar-refractivity contribution in [3.05, 3.63) is 29.8 Å². The zero-order valence-electron chi connectivity index (χ0n) is 18.4. The summed E-state index contributed by atoms with van der Waals surface area (Å²) < 4.78 is 54.3. The molecule has 5 aliphatic rings. The van der Waals surface area contributed by atoms with Crippen molar-refractivity contribution < 1.29 is 22.0 Å². The summed E-state index contributed by atoms with van der Waals surface area (Å²) in [7, 11) is -4.13. The van der Waals surface area contributed by atoms with Crippen LogP contribution in [0.3, 0.4) is 0 Å². The summed E-state index contributed by atoms with van der Waals surface area (Å²) in [4.78, 5) is 14.5. The minimum Gasteiger partial charge on any atom is -0.349 e. The normalized spacial score (nSPS) is 33.9. The van der Waals surface area contributed by atoms with Gasteiger partial charge in [-0.3, -0.25) is 9.69 Å². The second-order valence-electron chi connectivity index (χ2n) is 10.4. The van der Waals surface area contributed by atoms with Crippen LogP contribution in [-0.2, 0) is 14.8 Å². The van der Waals surface area contributed by atoms with E-state index in [1.807, 2.05) is 11.8 Å². The summed E-state index contributed by atoms with van der Waals surface area (Å²) >= 11 is 0. The lowest BCUT2D eigenvalue weighted by atomic mass is 9.53. The third-order valence-electron chi connectivity index (χ3n) is 8.14. The number of piperazine rings is 1. The molecule has 4 saturated carbocycles. The molecule has 1 unspecified atom stereocenters. The number of amides is 1. The van der Waals surface area contributed by atoms with Gasteiger partial charge in [-0.15, -0.1) is 0 Å². The molecule has 1 aromatic carbocycles. The first-order valence-corrected chi connectivity index (χ1v) is 13.1. The monoisotopic (exact) mass is 467 g/mol. The minimum absolute atomic E-state index is 0.0134. The van der Waals surface area contributed by atoms with Crippen LogP contribution in [0, 0.1) is 29.4 Å². The van der Waals surface area contributed by atoms with Crippen LogP contribution in [0.15, 0.2) is 23.1 Å². The average molecular weight is 468 g/mol. The second kappa shape index (κ2) is 8.02. The number of hydrogen-bond acceptors (Lipinski definition) is 4. The molecule has 5 fully saturated rings. The van der Waals surface area contributed by atoms with Crippen molar-refractivity contribution in [1.82, 2.24) is 14.5 Å². The molecule has 1 heterocycles. The molecule has 1 aromatic rings. The SMILES string of the molecule is CC(C(=O)NC12CC3CC(CC(C3)C1)C2)N1CCN(S(=O)(=O)c2cc(F)ccc2F)CC1. The van der Waals surface area contributed by atoms with Gasteiger partial charge in [-0.2, -0.15) is 4.31 Å². The van der Waals surface area contributed by atoms with Crippen molar-refractivity contribution in [3.8, 4) is 0 Å². The van der Waals surface area contributed by atoms with Gasteiger partial charge in [0.05, 0.1) is 6.04 Å². The van der Waals surface area contributed by atoms with E-state index in [0.29, 0.717) is 13.1 Å². The number of nitrogens with one attached hydrogen (secondary N) is 1. The number of halogens is 2. The fourth-order valence-corrected chi connectivity index (χ4v) is 8.44. The molecule has 0 aromatic heterocycles. The maximum absolute atomic E-state index is 14.1. The van der Waals surface area contributed by atoms with Crippen molar-refractivity contribution in [2.45, 2.75) is 61.9 Å². The number of nitrogens with zero attached hydrogens (tertiary/aromatic N) is 2. The molecular weight excluding hydrogens is 436 g/mol. The highest BCUT2D eigenvalue weighted by Crippen LogP contribution is 2.55. The summed E-state index contributed by atoms with van der Waals surface area (Å²) in [5.74, 6) is 0.492. The Labute approximate surface area is 188 Å². The second-order valence-corrected chi connectivity index (χ2v) is 12.3. The zero-order chi connectivity index (χ0) is 22.7. The van der Waals surface area contributed by atoms with Gasteiger partial charge in [-0.1, -0.05) is 0 Å². The van der Waals surface area contributed by atoms with Crippen LogP contribution in [0.2, 0.25) is 0 Å². The van der Waals surface area contributed by atoms with Crippen LogP contribution in [0.25, 0.3) is 0 Å². The minimum atomic E-state index is -4.13. The van der Waals surface area contributed by atoms with Crippen LogP contribution in [0.5, 0.6) is 0 Å². The van der Waals surface area contributed by atoms with E-state index >= 15 is 0 Å². The zero-order valence-corrected chi connectivity index (χ0v) is 19.2. The Balaban J connectivity index is 1.21. The third kappa shape index (κ3) is 3.96. The Morgan fingerprint density at radius 3 is 2.16 bits per heavy atom. The molecule has 4 aliphatic carbocycles. The summed E-state index contributed by atoms with van der Waals surface area (Å²) in [5.41, 5.74) is -0.0554. The fraction of sp³-hybridized carbons (Fsp3) is 0.696. The van der Waals surface area contributed by atoms with Gasteiger partial charge in [0.1, 0.15) is 16.5 Å². The molecule has 1 atom stereocenters. The molecular formula is C23H31F2N3O3S. The number of carbonyl (C=O) groups is 1. The topological polar surface area (TPSA) is 69.7 Å². The van der Waals surface area contributed by atoms with Crippen LogP contribution >= 0.6 is 0 Å². The summed E-state index contributed by atoms with van der Waals surface area (Å²) in [6, 6.07) is 2.09. The van der Waals surface area contributed by atoms with Gasteiger partial charge in [0, 0.05) is 31.7 Å². The quantitative estimate of drug-likeness (QED) is 0.723. The molecule has 32 heavy (non-hydrogen) atoms. The van der Waals surface area contributed by atoms with E-state index in [0.717, 1.165) is 55.2 Å². The predicted octanol–water partition coefficient (Wildman–Crippen LogP) is 2.74. The van der Waals surface area contributed by atoms with Crippen LogP contribution in [0.1, 0.15) is 45.4 Å². The molecule has 1 N–H and O–H groups in total. The Morgan fingerprint density at radius 1 is 1.03 bits per heavy atom. The first-order chi connectivity index (χ1) is 15.1. The van der Waals surface area contributed by atoms with E-state index in [4.69, 9.17) is 0 Å². The highest BCUT2D eigenvalue weighted by atomic mass is 32.2. The largest absolute Gasteiger partial charge is 0.349 e. The molecule has 176 valence electrons. The lowest BCUT2D eigenvalue weighted by Crippen LogP contribution is -2.63. The van der Waals surface area contributed by atoms with E-state index in [2.05, 4.69) is 5.32 Å². The van der Waals surface area contributed by atoms with Crippen LogP contribution in [0.4, 0.5) is 8.78 Å². The van der Waals surface area contributed by atoms with Crippen LogP contribution < -0.4 is 5.32 Å². The lowest BCUT2D eigenvalue weighted by Gasteiger charge is -2.57. The van der Waals surface area contributed by atoms with Crippen molar-refractivity contribution in [3.63, 3.8) is 0 Å². The van der Waals surface area contributed by atoms with Gasteiger partial charge in [0.2, 0.25) is 15.9 Å². The number of benzene rings is 1. The molecule has 1 amide bonds. The fourth-order valence-electron chi connectivity index (χ4n) is 6.94. The van der Waals surface area contributed by atoms with Crippen molar-refractivity contribution >= 4 is 15.9 Å². The van der Waals surface area contributed by atoms with Gasteiger partial charge < -0.3 is 5.32 Å². The maximum atomic E-state index is 14.1. The van der Waals surface area contributed by atoms with Crippen molar-refractivity contribution in [2.24, 2.45) is 17.8 Å². The maximum Gasteiger partial charge on any atom is 0.246 e. The molecule has 0 radical (unpaired) electrons. The predicted molar refractivity (Wildman–Crippen MR) is 115 cm³/mol. The molecule has 9 heteroatoms. The standard InChI is InChI=1S/C23H31F2N3O3S/c1-15(22(29)26-23-12-16-8-17(13-23)10-18(9-16)14-23)27-4-6-28(7-5-27)32(30,31)21-11-19(24)2-3-20(21)25/h2-3,11,15-18H,4-10,12-14H2,1H3,(H,26,29). The summed E-state index contributed by atoms with van der Waals surface area (Å²) in [6.45, 7) is 2.87. The molecule has 6 rings (SSSR count). The van der Waals surface area contributed by atoms with Crippen molar-refractivity contribution in [1.29, 1.82) is 0 Å². The Kier molecular flexibility index (Phi) is 5.57. The number of hydrogen-bond donors (Lipinski definition) is 1. The Bertz CT molecular complexity index is 972. The smallest absolute Gasteiger partial charge is 0.246 e. The average Bonchev–Trinajstić information content (AvgIpc) is 2.73. The van der Waals surface area contributed by atoms with E-state index in [9.17, 15) is 22.0 Å². The van der Waals surface area contributed by atoms with E-state index in [1.165, 1.54) is 23.6 Å². The lowest BCUT2D eigenvalue weighted by molar-refractivity contribution is -0.132. The third-order valence-corrected chi connectivity index (χ3v) is 10.1. The molecule has 4 bridgehead atoms. The Morgan fingerprint density at radius 2 is 1.59 bits per heavy atom. The molecule has 6 nitrogen and oxygen atoms in total. The highest BCUT2D eigenvalue weighted by Gasteiger charge is 2.52. The van der Waals surface area contributed by atoms with E-state index in [-0.39, 0.29) is 30.6 Å². The van der Waals surface area contributed by atoms with Gasteiger partial charge >= 0.3 is 0 Å². The summed E-state index contributed by atoms with van der Waals surface area (Å²) in [6.07, 6.45) is 7.20. The van der Waals surface area contributed by atoms with E-state index < -0.39 is 26.6 Å². The van der Waals surface area contributed by atoms with Crippen LogP contribution in [-0.4, -0.2) is 61.3 Å². The number of sulfonamides is 1. The van der Waals surface area contributed by atoms with Crippen molar-refractivity contribution in [2.75, 3.05) is 26.2 Å². The highest BCUT2D eigenvalue weighted by molar-refractivity contribution is 7.89. The number of rotatable bonds is 5. The molecule has 1 aliphatic heterocycles. The van der Waals surface area contributed by atoms with Gasteiger partial charge in [0.25, 0.3) is 0 Å². The first kappa shape index (κ1) is 22.2. The first-order valence-electron chi connectivity index (χ1n) is 11.7. The number of carbonyl (C=O) groups excluding carboxylic acids is 1. The summed E-state index contributed by atoms with van der Waals surface area (Å²) in [5, 5.41) is 3.40.